The summed E-state index contributed by atoms with van der Waals surface area (Å²) in [6.07, 6.45) is 1.81. The van der Waals surface area contributed by atoms with Crippen molar-refractivity contribution >= 4 is 11.9 Å². The fraction of sp³-hybridized carbons (Fsp3) is 0.733. The van der Waals surface area contributed by atoms with Crippen LogP contribution in [0.5, 0.6) is 0 Å². The standard InChI is InChI=1S/C15H25N5O3/c1-10-18-12(23-19-10)11-6-5-7-20(8-11)14(22)17-9-15(2,3)13(21)16-4/h11H,5-9H2,1-4H3,(H,16,21)(H,17,22). The molecule has 0 radical (unpaired) electrons. The second-order valence-corrected chi connectivity index (χ2v) is 6.59. The zero-order valence-electron chi connectivity index (χ0n) is 14.2. The van der Waals surface area contributed by atoms with Crippen LogP contribution in [0.1, 0.15) is 44.3 Å². The molecule has 8 heteroatoms. The van der Waals surface area contributed by atoms with E-state index in [1.807, 2.05) is 0 Å². The van der Waals surface area contributed by atoms with Crippen LogP contribution in [-0.2, 0) is 4.79 Å². The summed E-state index contributed by atoms with van der Waals surface area (Å²) < 4.78 is 5.22. The summed E-state index contributed by atoms with van der Waals surface area (Å²) in [5, 5.41) is 9.26. The molecule has 23 heavy (non-hydrogen) atoms. The third kappa shape index (κ3) is 4.20. The molecule has 1 aromatic heterocycles. The molecule has 2 rings (SSSR count). The predicted octanol–water partition coefficient (Wildman–Crippen LogP) is 1.04. The van der Waals surface area contributed by atoms with E-state index in [0.717, 1.165) is 12.8 Å². The number of carbonyl (C=O) groups excluding carboxylic acids is 2. The van der Waals surface area contributed by atoms with Gasteiger partial charge in [0.1, 0.15) is 0 Å². The highest BCUT2D eigenvalue weighted by Crippen LogP contribution is 2.25. The second-order valence-electron chi connectivity index (χ2n) is 6.59. The number of nitrogens with zero attached hydrogens (tertiary/aromatic N) is 3. The molecule has 0 aliphatic carbocycles. The Bertz CT molecular complexity index is 569. The van der Waals surface area contributed by atoms with Crippen LogP contribution < -0.4 is 10.6 Å². The number of nitrogens with one attached hydrogen (secondary N) is 2. The summed E-state index contributed by atoms with van der Waals surface area (Å²) in [5.41, 5.74) is -0.650. The molecule has 0 aromatic carbocycles. The van der Waals surface area contributed by atoms with Crippen molar-refractivity contribution in [2.24, 2.45) is 5.41 Å². The maximum absolute atomic E-state index is 12.4. The highest BCUT2D eigenvalue weighted by atomic mass is 16.5. The number of aryl methyl sites for hydroxylation is 1. The molecule has 1 saturated heterocycles. The summed E-state index contributed by atoms with van der Waals surface area (Å²) >= 11 is 0. The van der Waals surface area contributed by atoms with Crippen molar-refractivity contribution in [3.05, 3.63) is 11.7 Å². The van der Waals surface area contributed by atoms with Gasteiger partial charge in [-0.25, -0.2) is 4.79 Å². The molecule has 8 nitrogen and oxygen atoms in total. The Morgan fingerprint density at radius 2 is 2.17 bits per heavy atom. The maximum Gasteiger partial charge on any atom is 0.317 e. The molecule has 1 aliphatic heterocycles. The van der Waals surface area contributed by atoms with E-state index in [2.05, 4.69) is 20.8 Å². The van der Waals surface area contributed by atoms with Gasteiger partial charge in [-0.3, -0.25) is 4.79 Å². The summed E-state index contributed by atoms with van der Waals surface area (Å²) in [6, 6.07) is -0.164. The van der Waals surface area contributed by atoms with Crippen molar-refractivity contribution in [1.29, 1.82) is 0 Å². The van der Waals surface area contributed by atoms with Crippen molar-refractivity contribution in [2.45, 2.75) is 39.5 Å². The normalized spacial score (nSPS) is 18.6. The lowest BCUT2D eigenvalue weighted by Crippen LogP contribution is -2.49. The van der Waals surface area contributed by atoms with Crippen LogP contribution >= 0.6 is 0 Å². The topological polar surface area (TPSA) is 100 Å². The van der Waals surface area contributed by atoms with Crippen LogP contribution in [0.4, 0.5) is 4.79 Å². The number of urea groups is 1. The van der Waals surface area contributed by atoms with E-state index < -0.39 is 5.41 Å². The SMILES string of the molecule is CNC(=O)C(C)(C)CNC(=O)N1CCCC(c2nc(C)no2)C1. The number of hydrogen-bond acceptors (Lipinski definition) is 5. The molecular weight excluding hydrogens is 298 g/mol. The summed E-state index contributed by atoms with van der Waals surface area (Å²) in [5.74, 6) is 1.16. The Morgan fingerprint density at radius 3 is 2.78 bits per heavy atom. The van der Waals surface area contributed by atoms with Crippen molar-refractivity contribution in [3.63, 3.8) is 0 Å². The molecule has 2 heterocycles. The minimum Gasteiger partial charge on any atom is -0.359 e. The van der Waals surface area contributed by atoms with Crippen molar-refractivity contribution in [3.8, 4) is 0 Å². The Balaban J connectivity index is 1.91. The third-order valence-corrected chi connectivity index (χ3v) is 4.12. The van der Waals surface area contributed by atoms with Gasteiger partial charge in [-0.2, -0.15) is 4.98 Å². The fourth-order valence-corrected chi connectivity index (χ4v) is 2.67. The highest BCUT2D eigenvalue weighted by Gasteiger charge is 2.31. The number of likely N-dealkylation sites (tertiary alicyclic amines) is 1. The molecule has 128 valence electrons. The van der Waals surface area contributed by atoms with Gasteiger partial charge in [0.15, 0.2) is 5.82 Å². The number of aromatic nitrogens is 2. The first-order valence-corrected chi connectivity index (χ1v) is 7.88. The lowest BCUT2D eigenvalue weighted by atomic mass is 9.92. The fourth-order valence-electron chi connectivity index (χ4n) is 2.67. The van der Waals surface area contributed by atoms with E-state index in [1.54, 1.807) is 32.7 Å². The minimum absolute atomic E-state index is 0.0719. The summed E-state index contributed by atoms with van der Waals surface area (Å²) in [6.45, 7) is 6.90. The third-order valence-electron chi connectivity index (χ3n) is 4.12. The number of hydrogen-bond donors (Lipinski definition) is 2. The Labute approximate surface area is 136 Å². The lowest BCUT2D eigenvalue weighted by molar-refractivity contribution is -0.128. The van der Waals surface area contributed by atoms with E-state index in [9.17, 15) is 9.59 Å². The second kappa shape index (κ2) is 6.97. The predicted molar refractivity (Wildman–Crippen MR) is 83.8 cm³/mol. The number of carbonyl (C=O) groups is 2. The molecular formula is C15H25N5O3. The minimum atomic E-state index is -0.650. The van der Waals surface area contributed by atoms with Gasteiger partial charge in [0.25, 0.3) is 0 Å². The molecule has 3 amide bonds. The van der Waals surface area contributed by atoms with Gasteiger partial charge >= 0.3 is 6.03 Å². The molecule has 1 atom stereocenters. The maximum atomic E-state index is 12.4. The first kappa shape index (κ1) is 17.2. The van der Waals surface area contributed by atoms with Gasteiger partial charge in [-0.15, -0.1) is 0 Å². The largest absolute Gasteiger partial charge is 0.359 e. The van der Waals surface area contributed by atoms with E-state index in [4.69, 9.17) is 4.52 Å². The lowest BCUT2D eigenvalue weighted by Gasteiger charge is -2.32. The van der Waals surface area contributed by atoms with Gasteiger partial charge in [0.2, 0.25) is 11.8 Å². The smallest absolute Gasteiger partial charge is 0.317 e. The van der Waals surface area contributed by atoms with E-state index >= 15 is 0 Å². The van der Waals surface area contributed by atoms with Gasteiger partial charge < -0.3 is 20.1 Å². The van der Waals surface area contributed by atoms with Crippen LogP contribution in [0, 0.1) is 12.3 Å². The first-order valence-electron chi connectivity index (χ1n) is 7.88. The molecule has 1 unspecified atom stereocenters. The monoisotopic (exact) mass is 323 g/mol. The van der Waals surface area contributed by atoms with Crippen LogP contribution in [-0.4, -0.2) is 53.7 Å². The van der Waals surface area contributed by atoms with Crippen LogP contribution in [0.3, 0.4) is 0 Å². The van der Waals surface area contributed by atoms with Gasteiger partial charge in [0, 0.05) is 26.7 Å². The highest BCUT2D eigenvalue weighted by molar-refractivity contribution is 5.83. The van der Waals surface area contributed by atoms with Crippen LogP contribution in [0.25, 0.3) is 0 Å². The zero-order chi connectivity index (χ0) is 17.0. The van der Waals surface area contributed by atoms with E-state index in [1.165, 1.54) is 0 Å². The van der Waals surface area contributed by atoms with Gasteiger partial charge in [0.05, 0.1) is 11.3 Å². The molecule has 2 N–H and O–H groups in total. The molecule has 1 aliphatic rings. The Hall–Kier alpha value is -2.12. The molecule has 0 bridgehead atoms. The number of rotatable bonds is 4. The summed E-state index contributed by atoms with van der Waals surface area (Å²) in [4.78, 5) is 30.1. The van der Waals surface area contributed by atoms with Crippen molar-refractivity contribution in [2.75, 3.05) is 26.7 Å². The van der Waals surface area contributed by atoms with Crippen LogP contribution in [0.15, 0.2) is 4.52 Å². The number of piperidine rings is 1. The molecule has 1 aromatic rings. The van der Waals surface area contributed by atoms with Crippen molar-refractivity contribution < 1.29 is 14.1 Å². The quantitative estimate of drug-likeness (QED) is 0.862. The first-order chi connectivity index (χ1) is 10.8. The average molecular weight is 323 g/mol. The van der Waals surface area contributed by atoms with Gasteiger partial charge in [-0.05, 0) is 33.6 Å². The van der Waals surface area contributed by atoms with E-state index in [0.29, 0.717) is 24.8 Å². The average Bonchev–Trinajstić information content (AvgIpc) is 2.98. The van der Waals surface area contributed by atoms with E-state index in [-0.39, 0.29) is 24.4 Å². The Kier molecular flexibility index (Phi) is 5.23. The van der Waals surface area contributed by atoms with Gasteiger partial charge in [-0.1, -0.05) is 5.16 Å². The van der Waals surface area contributed by atoms with Crippen molar-refractivity contribution in [1.82, 2.24) is 25.7 Å². The summed E-state index contributed by atoms with van der Waals surface area (Å²) in [7, 11) is 1.59. The van der Waals surface area contributed by atoms with Crippen LogP contribution in [0.2, 0.25) is 0 Å². The zero-order valence-corrected chi connectivity index (χ0v) is 14.2. The Morgan fingerprint density at radius 1 is 1.43 bits per heavy atom. The molecule has 0 saturated carbocycles. The molecule has 1 fully saturated rings. The molecule has 0 spiro atoms. The number of amides is 3.